The van der Waals surface area contributed by atoms with E-state index in [-0.39, 0.29) is 11.3 Å². The zero-order valence-electron chi connectivity index (χ0n) is 21.1. The summed E-state index contributed by atoms with van der Waals surface area (Å²) in [5, 5.41) is 11.1. The first-order valence-electron chi connectivity index (χ1n) is 12.4. The number of nitrogens with zero attached hydrogens (tertiary/aromatic N) is 5. The van der Waals surface area contributed by atoms with Crippen LogP contribution < -0.4 is 15.2 Å². The zero-order valence-corrected chi connectivity index (χ0v) is 21.1. The van der Waals surface area contributed by atoms with E-state index in [1.54, 1.807) is 36.3 Å². The highest BCUT2D eigenvalue weighted by Gasteiger charge is 2.32. The summed E-state index contributed by atoms with van der Waals surface area (Å²) in [6, 6.07) is 18.7. The Balaban J connectivity index is 1.50. The van der Waals surface area contributed by atoms with Gasteiger partial charge in [0, 0.05) is 50.5 Å². The molecule has 8 heteroatoms. The Morgan fingerprint density at radius 2 is 1.78 bits per heavy atom. The molecule has 1 atom stereocenters. The highest BCUT2D eigenvalue weighted by molar-refractivity contribution is 5.42. The third-order valence-corrected chi connectivity index (χ3v) is 6.95. The van der Waals surface area contributed by atoms with Crippen molar-refractivity contribution in [1.29, 1.82) is 0 Å². The lowest BCUT2D eigenvalue weighted by atomic mass is 9.97. The van der Waals surface area contributed by atoms with E-state index in [9.17, 15) is 9.90 Å². The van der Waals surface area contributed by atoms with Crippen LogP contribution in [0.1, 0.15) is 28.4 Å². The van der Waals surface area contributed by atoms with Crippen molar-refractivity contribution in [1.82, 2.24) is 19.4 Å². The molecule has 5 rings (SSSR count). The summed E-state index contributed by atoms with van der Waals surface area (Å²) >= 11 is 0. The molecule has 4 heterocycles. The lowest BCUT2D eigenvalue weighted by Crippen LogP contribution is -2.49. The number of hydrogen-bond acceptors (Lipinski definition) is 7. The molecule has 37 heavy (non-hydrogen) atoms. The van der Waals surface area contributed by atoms with E-state index >= 15 is 0 Å². The highest BCUT2D eigenvalue weighted by atomic mass is 16.5. The van der Waals surface area contributed by atoms with Crippen LogP contribution in [0.25, 0.3) is 0 Å². The number of rotatable bonds is 7. The predicted molar refractivity (Wildman–Crippen MR) is 143 cm³/mol. The van der Waals surface area contributed by atoms with Gasteiger partial charge < -0.3 is 19.3 Å². The zero-order chi connectivity index (χ0) is 25.8. The topological polar surface area (TPSA) is 83.7 Å². The number of methoxy groups -OCH3 is 1. The second-order valence-corrected chi connectivity index (χ2v) is 9.22. The molecule has 0 amide bonds. The summed E-state index contributed by atoms with van der Waals surface area (Å²) in [7, 11) is 1.63. The van der Waals surface area contributed by atoms with Crippen LogP contribution in [0.3, 0.4) is 0 Å². The van der Waals surface area contributed by atoms with Crippen LogP contribution in [0.15, 0.2) is 84.0 Å². The summed E-state index contributed by atoms with van der Waals surface area (Å²) in [5.41, 5.74) is 2.73. The molecule has 1 fully saturated rings. The molecule has 1 saturated heterocycles. The average Bonchev–Trinajstić information content (AvgIpc) is 2.95. The van der Waals surface area contributed by atoms with Gasteiger partial charge in [-0.2, -0.15) is 0 Å². The molecule has 1 aliphatic rings. The highest BCUT2D eigenvalue weighted by Crippen LogP contribution is 2.33. The maximum Gasteiger partial charge on any atom is 0.259 e. The van der Waals surface area contributed by atoms with E-state index in [4.69, 9.17) is 4.74 Å². The Morgan fingerprint density at radius 1 is 1.00 bits per heavy atom. The van der Waals surface area contributed by atoms with E-state index in [1.807, 2.05) is 61.5 Å². The van der Waals surface area contributed by atoms with Crippen LogP contribution >= 0.6 is 0 Å². The van der Waals surface area contributed by atoms with Gasteiger partial charge in [0.2, 0.25) is 0 Å². The van der Waals surface area contributed by atoms with Crippen molar-refractivity contribution in [3.8, 4) is 11.5 Å². The van der Waals surface area contributed by atoms with Crippen molar-refractivity contribution < 1.29 is 9.84 Å². The van der Waals surface area contributed by atoms with Gasteiger partial charge in [0.05, 0.1) is 25.3 Å². The first-order valence-corrected chi connectivity index (χ1v) is 12.4. The van der Waals surface area contributed by atoms with Gasteiger partial charge in [-0.15, -0.1) is 0 Å². The molecule has 190 valence electrons. The Morgan fingerprint density at radius 3 is 2.43 bits per heavy atom. The number of anilines is 1. The van der Waals surface area contributed by atoms with Crippen LogP contribution in [0.2, 0.25) is 0 Å². The Labute approximate surface area is 216 Å². The standard InChI is InChI=1S/C29H31N5O3/c1-21-18-25(35)27(29(36)34(21)20-22-8-10-24(37-2)11-9-22)28(23-6-5-12-30-19-23)33-16-14-32(15-17-33)26-7-3-4-13-31-26/h3-13,18-19,28,35H,14-17,20H2,1-2H3/t28-/m0/s1. The minimum Gasteiger partial charge on any atom is -0.507 e. The van der Waals surface area contributed by atoms with E-state index < -0.39 is 6.04 Å². The van der Waals surface area contributed by atoms with Crippen molar-refractivity contribution >= 4 is 5.82 Å². The van der Waals surface area contributed by atoms with Gasteiger partial charge in [0.15, 0.2) is 0 Å². The number of pyridine rings is 3. The van der Waals surface area contributed by atoms with Crippen molar-refractivity contribution in [3.05, 3.63) is 112 Å². The lowest BCUT2D eigenvalue weighted by molar-refractivity contribution is 0.207. The molecule has 0 unspecified atom stereocenters. The maximum absolute atomic E-state index is 14.0. The average molecular weight is 498 g/mol. The first kappa shape index (κ1) is 24.5. The van der Waals surface area contributed by atoms with Crippen LogP contribution in [-0.2, 0) is 6.54 Å². The molecule has 8 nitrogen and oxygen atoms in total. The number of aryl methyl sites for hydroxylation is 1. The van der Waals surface area contributed by atoms with E-state index in [0.29, 0.717) is 30.9 Å². The van der Waals surface area contributed by atoms with Crippen molar-refractivity contribution in [3.63, 3.8) is 0 Å². The lowest BCUT2D eigenvalue weighted by Gasteiger charge is -2.40. The fourth-order valence-electron chi connectivity index (χ4n) is 4.98. The third kappa shape index (κ3) is 5.20. The summed E-state index contributed by atoms with van der Waals surface area (Å²) in [4.78, 5) is 27.3. The number of hydrogen-bond donors (Lipinski definition) is 1. The van der Waals surface area contributed by atoms with Gasteiger partial charge in [-0.05, 0) is 54.4 Å². The molecule has 0 bridgehead atoms. The van der Waals surface area contributed by atoms with Gasteiger partial charge in [0.25, 0.3) is 5.56 Å². The molecule has 1 N–H and O–H groups in total. The number of piperazine rings is 1. The smallest absolute Gasteiger partial charge is 0.259 e. The quantitative estimate of drug-likeness (QED) is 0.418. The van der Waals surface area contributed by atoms with Gasteiger partial charge >= 0.3 is 0 Å². The minimum atomic E-state index is -0.421. The van der Waals surface area contributed by atoms with E-state index in [2.05, 4.69) is 19.8 Å². The Bertz CT molecular complexity index is 1380. The molecule has 0 spiro atoms. The summed E-state index contributed by atoms with van der Waals surface area (Å²) < 4.78 is 6.99. The molecule has 0 radical (unpaired) electrons. The first-order chi connectivity index (χ1) is 18.0. The minimum absolute atomic E-state index is 0.00879. The number of aromatic nitrogens is 3. The third-order valence-electron chi connectivity index (χ3n) is 6.95. The molecule has 1 aliphatic heterocycles. The number of ether oxygens (including phenoxy) is 1. The van der Waals surface area contributed by atoms with Crippen LogP contribution in [0.4, 0.5) is 5.82 Å². The molecule has 0 saturated carbocycles. The van der Waals surface area contributed by atoms with E-state index in [0.717, 1.165) is 35.8 Å². The fraction of sp³-hybridized carbons (Fsp3) is 0.276. The van der Waals surface area contributed by atoms with Crippen molar-refractivity contribution in [2.75, 3.05) is 38.2 Å². The van der Waals surface area contributed by atoms with Crippen molar-refractivity contribution in [2.24, 2.45) is 0 Å². The Kier molecular flexibility index (Phi) is 7.18. The fourth-order valence-corrected chi connectivity index (χ4v) is 4.98. The SMILES string of the molecule is COc1ccc(Cn2c(C)cc(O)c([C@H](c3cccnc3)N3CCN(c4ccccn4)CC3)c2=O)cc1. The number of benzene rings is 1. The summed E-state index contributed by atoms with van der Waals surface area (Å²) in [6.07, 6.45) is 5.30. The maximum atomic E-state index is 14.0. The molecular weight excluding hydrogens is 466 g/mol. The molecule has 0 aliphatic carbocycles. The Hall–Kier alpha value is -4.17. The van der Waals surface area contributed by atoms with E-state index in [1.165, 1.54) is 0 Å². The van der Waals surface area contributed by atoms with Crippen LogP contribution in [0.5, 0.6) is 11.5 Å². The second kappa shape index (κ2) is 10.8. The van der Waals surface area contributed by atoms with Crippen LogP contribution in [0, 0.1) is 6.92 Å². The van der Waals surface area contributed by atoms with Gasteiger partial charge in [-0.1, -0.05) is 24.3 Å². The molecular formula is C29H31N5O3. The van der Waals surface area contributed by atoms with Crippen molar-refractivity contribution in [2.45, 2.75) is 19.5 Å². The monoisotopic (exact) mass is 497 g/mol. The summed E-state index contributed by atoms with van der Waals surface area (Å²) in [5.74, 6) is 1.72. The molecule has 4 aromatic rings. The van der Waals surface area contributed by atoms with Crippen LogP contribution in [-0.4, -0.2) is 57.8 Å². The second-order valence-electron chi connectivity index (χ2n) is 9.22. The molecule has 1 aromatic carbocycles. The summed E-state index contributed by atoms with van der Waals surface area (Å²) in [6.45, 7) is 5.19. The number of aromatic hydroxyl groups is 1. The van der Waals surface area contributed by atoms with Gasteiger partial charge in [-0.3, -0.25) is 14.7 Å². The van der Waals surface area contributed by atoms with Gasteiger partial charge in [0.1, 0.15) is 17.3 Å². The van der Waals surface area contributed by atoms with Gasteiger partial charge in [-0.25, -0.2) is 4.98 Å². The normalized spacial score (nSPS) is 14.9. The largest absolute Gasteiger partial charge is 0.507 e. The predicted octanol–water partition coefficient (Wildman–Crippen LogP) is 3.62. The molecule has 3 aromatic heterocycles.